The fourth-order valence-corrected chi connectivity index (χ4v) is 1.85. The standard InChI is InChI=1S/C13H6BrF3N4O2/c14-10-3-1-2-8(20-10)12(22)21-11-9(23-13(15,16)17)4-7(5-18)6-19-11/h1-4,6H,(H,19,21,22). The lowest BCUT2D eigenvalue weighted by Crippen LogP contribution is -2.21. The molecule has 0 aromatic carbocycles. The first-order valence-corrected chi connectivity index (χ1v) is 6.67. The molecule has 2 heterocycles. The quantitative estimate of drug-likeness (QED) is 0.817. The van der Waals surface area contributed by atoms with E-state index in [9.17, 15) is 18.0 Å². The van der Waals surface area contributed by atoms with Gasteiger partial charge < -0.3 is 10.1 Å². The van der Waals surface area contributed by atoms with Gasteiger partial charge in [0.1, 0.15) is 16.4 Å². The molecule has 0 saturated heterocycles. The molecule has 0 unspecified atom stereocenters. The Morgan fingerprint density at radius 3 is 2.74 bits per heavy atom. The van der Waals surface area contributed by atoms with Gasteiger partial charge in [-0.1, -0.05) is 6.07 Å². The highest BCUT2D eigenvalue weighted by Gasteiger charge is 2.33. The Bertz CT molecular complexity index is 790. The second kappa shape index (κ2) is 6.62. The Hall–Kier alpha value is -2.67. The highest BCUT2D eigenvalue weighted by atomic mass is 79.9. The van der Waals surface area contributed by atoms with Crippen molar-refractivity contribution in [3.8, 4) is 11.8 Å². The largest absolute Gasteiger partial charge is 0.573 e. The SMILES string of the molecule is N#Cc1cnc(NC(=O)c2cccc(Br)n2)c(OC(F)(F)F)c1. The Kier molecular flexibility index (Phi) is 4.80. The molecule has 0 aliphatic rings. The van der Waals surface area contributed by atoms with Gasteiger partial charge in [-0.2, -0.15) is 5.26 Å². The molecule has 2 aromatic heterocycles. The normalized spacial score (nSPS) is 10.7. The zero-order valence-corrected chi connectivity index (χ0v) is 12.6. The lowest BCUT2D eigenvalue weighted by Gasteiger charge is -2.13. The van der Waals surface area contributed by atoms with Crippen LogP contribution in [0.3, 0.4) is 0 Å². The van der Waals surface area contributed by atoms with Crippen molar-refractivity contribution in [2.75, 3.05) is 5.32 Å². The van der Waals surface area contributed by atoms with Gasteiger partial charge in [0.05, 0.1) is 5.56 Å². The van der Waals surface area contributed by atoms with E-state index in [1.54, 1.807) is 12.1 Å². The number of aromatic nitrogens is 2. The molecule has 10 heteroatoms. The molecule has 118 valence electrons. The van der Waals surface area contributed by atoms with Crippen molar-refractivity contribution < 1.29 is 22.7 Å². The second-order valence-electron chi connectivity index (χ2n) is 4.03. The maximum absolute atomic E-state index is 12.4. The number of anilines is 1. The van der Waals surface area contributed by atoms with Crippen LogP contribution in [-0.2, 0) is 0 Å². The van der Waals surface area contributed by atoms with Gasteiger partial charge in [-0.05, 0) is 28.1 Å². The Labute approximate surface area is 136 Å². The van der Waals surface area contributed by atoms with E-state index >= 15 is 0 Å². The minimum absolute atomic E-state index is 0.0384. The summed E-state index contributed by atoms with van der Waals surface area (Å²) in [5.74, 6) is -2.05. The van der Waals surface area contributed by atoms with Crippen molar-refractivity contribution in [1.82, 2.24) is 9.97 Å². The van der Waals surface area contributed by atoms with Crippen LogP contribution < -0.4 is 10.1 Å². The molecule has 0 fully saturated rings. The van der Waals surface area contributed by atoms with Gasteiger partial charge >= 0.3 is 6.36 Å². The molecule has 0 atom stereocenters. The zero-order valence-electron chi connectivity index (χ0n) is 11.1. The molecular weight excluding hydrogens is 381 g/mol. The summed E-state index contributed by atoms with van der Waals surface area (Å²) in [5.41, 5.74) is -0.189. The molecule has 2 aromatic rings. The first-order valence-electron chi connectivity index (χ1n) is 5.88. The third-order valence-electron chi connectivity index (χ3n) is 2.39. The van der Waals surface area contributed by atoms with E-state index in [0.717, 1.165) is 12.3 Å². The molecule has 0 bridgehead atoms. The van der Waals surface area contributed by atoms with Crippen LogP contribution in [0.25, 0.3) is 0 Å². The van der Waals surface area contributed by atoms with Crippen LogP contribution in [0.4, 0.5) is 19.0 Å². The van der Waals surface area contributed by atoms with Gasteiger partial charge in [-0.3, -0.25) is 4.79 Å². The van der Waals surface area contributed by atoms with Crippen LogP contribution >= 0.6 is 15.9 Å². The number of ether oxygens (including phenoxy) is 1. The van der Waals surface area contributed by atoms with E-state index in [2.05, 4.69) is 36.0 Å². The Morgan fingerprint density at radius 2 is 2.13 bits per heavy atom. The van der Waals surface area contributed by atoms with Gasteiger partial charge in [-0.25, -0.2) is 9.97 Å². The number of amides is 1. The average Bonchev–Trinajstić information content (AvgIpc) is 2.47. The van der Waals surface area contributed by atoms with Crippen molar-refractivity contribution in [3.05, 3.63) is 46.3 Å². The number of pyridine rings is 2. The van der Waals surface area contributed by atoms with Crippen LogP contribution in [-0.4, -0.2) is 22.2 Å². The van der Waals surface area contributed by atoms with E-state index in [1.807, 2.05) is 0 Å². The van der Waals surface area contributed by atoms with Crippen molar-refractivity contribution in [3.63, 3.8) is 0 Å². The molecule has 0 aliphatic heterocycles. The summed E-state index contributed by atoms with van der Waals surface area (Å²) >= 11 is 3.07. The second-order valence-corrected chi connectivity index (χ2v) is 4.84. The van der Waals surface area contributed by atoms with E-state index < -0.39 is 23.8 Å². The molecule has 23 heavy (non-hydrogen) atoms. The topological polar surface area (TPSA) is 87.9 Å². The van der Waals surface area contributed by atoms with Crippen LogP contribution in [0, 0.1) is 11.3 Å². The maximum Gasteiger partial charge on any atom is 0.573 e. The van der Waals surface area contributed by atoms with Crippen molar-refractivity contribution >= 4 is 27.7 Å². The summed E-state index contributed by atoms with van der Waals surface area (Å²) in [6, 6.07) is 6.94. The van der Waals surface area contributed by atoms with Gasteiger partial charge in [0.15, 0.2) is 11.6 Å². The number of nitriles is 1. The van der Waals surface area contributed by atoms with E-state index in [4.69, 9.17) is 5.26 Å². The summed E-state index contributed by atoms with van der Waals surface area (Å²) in [5, 5.41) is 10.9. The molecule has 1 amide bonds. The summed E-state index contributed by atoms with van der Waals surface area (Å²) in [6.45, 7) is 0. The fourth-order valence-electron chi connectivity index (χ4n) is 1.51. The molecular formula is C13H6BrF3N4O2. The molecule has 1 N–H and O–H groups in total. The number of hydrogen-bond donors (Lipinski definition) is 1. The number of alkyl halides is 3. The highest BCUT2D eigenvalue weighted by Crippen LogP contribution is 2.29. The van der Waals surface area contributed by atoms with Gasteiger partial charge in [0, 0.05) is 12.3 Å². The van der Waals surface area contributed by atoms with Gasteiger partial charge in [-0.15, -0.1) is 13.2 Å². The molecule has 0 spiro atoms. The number of nitrogens with zero attached hydrogens (tertiary/aromatic N) is 3. The van der Waals surface area contributed by atoms with Crippen molar-refractivity contribution in [1.29, 1.82) is 5.26 Å². The number of halogens is 4. The van der Waals surface area contributed by atoms with Crippen molar-refractivity contribution in [2.45, 2.75) is 6.36 Å². The number of rotatable bonds is 3. The van der Waals surface area contributed by atoms with E-state index in [-0.39, 0.29) is 11.3 Å². The van der Waals surface area contributed by atoms with Crippen LogP contribution in [0.5, 0.6) is 5.75 Å². The lowest BCUT2D eigenvalue weighted by molar-refractivity contribution is -0.274. The van der Waals surface area contributed by atoms with Gasteiger partial charge in [0.2, 0.25) is 0 Å². The van der Waals surface area contributed by atoms with Crippen LogP contribution in [0.15, 0.2) is 35.1 Å². The summed E-state index contributed by atoms with van der Waals surface area (Å²) in [4.78, 5) is 19.5. The number of nitrogens with one attached hydrogen (secondary N) is 1. The summed E-state index contributed by atoms with van der Waals surface area (Å²) in [6.07, 6.45) is -3.99. The van der Waals surface area contributed by atoms with Gasteiger partial charge in [0.25, 0.3) is 5.91 Å². The zero-order chi connectivity index (χ0) is 17.0. The molecule has 0 aliphatic carbocycles. The monoisotopic (exact) mass is 386 g/mol. The third kappa shape index (κ3) is 4.65. The predicted molar refractivity (Wildman–Crippen MR) is 75.5 cm³/mol. The van der Waals surface area contributed by atoms with Crippen LogP contribution in [0.1, 0.15) is 16.1 Å². The maximum atomic E-state index is 12.4. The third-order valence-corrected chi connectivity index (χ3v) is 2.83. The summed E-state index contributed by atoms with van der Waals surface area (Å²) in [7, 11) is 0. The van der Waals surface area contributed by atoms with E-state index in [0.29, 0.717) is 4.60 Å². The molecule has 0 radical (unpaired) electrons. The highest BCUT2D eigenvalue weighted by molar-refractivity contribution is 9.10. The predicted octanol–water partition coefficient (Wildman–Crippen LogP) is 3.26. The van der Waals surface area contributed by atoms with Crippen LogP contribution in [0.2, 0.25) is 0 Å². The molecule has 0 saturated carbocycles. The Morgan fingerprint density at radius 1 is 1.39 bits per heavy atom. The van der Waals surface area contributed by atoms with Crippen molar-refractivity contribution in [2.24, 2.45) is 0 Å². The summed E-state index contributed by atoms with van der Waals surface area (Å²) < 4.78 is 41.4. The smallest absolute Gasteiger partial charge is 0.402 e. The lowest BCUT2D eigenvalue weighted by atomic mass is 10.3. The average molecular weight is 387 g/mol. The number of hydrogen-bond acceptors (Lipinski definition) is 5. The number of carbonyl (C=O) groups excluding carboxylic acids is 1. The first-order chi connectivity index (χ1) is 10.8. The fraction of sp³-hybridized carbons (Fsp3) is 0.0769. The minimum atomic E-state index is -5.00. The van der Waals surface area contributed by atoms with E-state index in [1.165, 1.54) is 12.1 Å². The molecule has 6 nitrogen and oxygen atoms in total. The Balaban J connectivity index is 2.32. The number of carbonyl (C=O) groups is 1. The first kappa shape index (κ1) is 16.7. The molecule has 2 rings (SSSR count). The minimum Gasteiger partial charge on any atom is -0.402 e.